The van der Waals surface area contributed by atoms with Crippen LogP contribution in [0.3, 0.4) is 0 Å². The highest BCUT2D eigenvalue weighted by atomic mass is 16.5. The molecule has 28 heavy (non-hydrogen) atoms. The topological polar surface area (TPSA) is 95.1 Å². The highest BCUT2D eigenvalue weighted by Gasteiger charge is 2.12. The molecule has 0 aliphatic carbocycles. The van der Waals surface area contributed by atoms with Crippen molar-refractivity contribution in [2.45, 2.75) is 6.42 Å². The molecule has 0 aliphatic heterocycles. The largest absolute Gasteiger partial charge is 0.496 e. The fourth-order valence-corrected chi connectivity index (χ4v) is 2.62. The van der Waals surface area contributed by atoms with Gasteiger partial charge in [0.2, 0.25) is 0 Å². The van der Waals surface area contributed by atoms with Crippen molar-refractivity contribution in [2.75, 3.05) is 40.3 Å². The maximum absolute atomic E-state index is 12.1. The predicted molar refractivity (Wildman–Crippen MR) is 105 cm³/mol. The van der Waals surface area contributed by atoms with Crippen LogP contribution in [-0.4, -0.2) is 47.0 Å². The second kappa shape index (κ2) is 10.1. The number of esters is 1. The molecular formula is C20H24N2O6. The molecule has 0 aromatic heterocycles. The summed E-state index contributed by atoms with van der Waals surface area (Å²) in [6, 6.07) is 9.67. The maximum Gasteiger partial charge on any atom is 0.337 e. The lowest BCUT2D eigenvalue weighted by Gasteiger charge is -2.14. The van der Waals surface area contributed by atoms with Gasteiger partial charge in [-0.05, 0) is 36.2 Å². The Morgan fingerprint density at radius 2 is 1.57 bits per heavy atom. The monoisotopic (exact) mass is 388 g/mol. The molecule has 2 aromatic rings. The first-order valence-corrected chi connectivity index (χ1v) is 8.54. The summed E-state index contributed by atoms with van der Waals surface area (Å²) in [5, 5.41) is 5.45. The van der Waals surface area contributed by atoms with E-state index in [0.717, 1.165) is 5.56 Å². The Hall–Kier alpha value is -3.42. The van der Waals surface area contributed by atoms with Gasteiger partial charge in [-0.15, -0.1) is 0 Å². The van der Waals surface area contributed by atoms with E-state index in [0.29, 0.717) is 41.5 Å². The first-order chi connectivity index (χ1) is 13.5. The molecule has 2 rings (SSSR count). The molecule has 0 heterocycles. The number of rotatable bonds is 8. The lowest BCUT2D eigenvalue weighted by molar-refractivity contribution is 0.0600. The van der Waals surface area contributed by atoms with E-state index in [1.54, 1.807) is 51.7 Å². The maximum atomic E-state index is 12.1. The Morgan fingerprint density at radius 1 is 0.893 bits per heavy atom. The molecule has 0 atom stereocenters. The smallest absolute Gasteiger partial charge is 0.337 e. The molecule has 0 unspecified atom stereocenters. The number of hydrogen-bond donors (Lipinski definition) is 2. The molecule has 2 amide bonds. The summed E-state index contributed by atoms with van der Waals surface area (Å²) in [7, 11) is 5.98. The first kappa shape index (κ1) is 20.9. The van der Waals surface area contributed by atoms with Gasteiger partial charge in [-0.1, -0.05) is 6.07 Å². The second-order valence-corrected chi connectivity index (χ2v) is 5.72. The van der Waals surface area contributed by atoms with Crippen LogP contribution in [0.2, 0.25) is 0 Å². The molecule has 0 saturated carbocycles. The molecule has 2 N–H and O–H groups in total. The minimum Gasteiger partial charge on any atom is -0.496 e. The number of methoxy groups -OCH3 is 4. The van der Waals surface area contributed by atoms with Crippen molar-refractivity contribution < 1.29 is 28.5 Å². The van der Waals surface area contributed by atoms with Crippen LogP contribution < -0.4 is 24.8 Å². The van der Waals surface area contributed by atoms with Gasteiger partial charge in [-0.3, -0.25) is 0 Å². The third kappa shape index (κ3) is 5.29. The Balaban J connectivity index is 1.96. The number of carbonyl (C=O) groups is 2. The van der Waals surface area contributed by atoms with Gasteiger partial charge < -0.3 is 29.6 Å². The minimum atomic E-state index is -0.468. The lowest BCUT2D eigenvalue weighted by atomic mass is 10.1. The molecule has 0 radical (unpaired) electrons. The van der Waals surface area contributed by atoms with Gasteiger partial charge in [-0.25, -0.2) is 9.59 Å². The Morgan fingerprint density at radius 3 is 2.21 bits per heavy atom. The first-order valence-electron chi connectivity index (χ1n) is 8.54. The van der Waals surface area contributed by atoms with Crippen LogP contribution >= 0.6 is 0 Å². The zero-order valence-corrected chi connectivity index (χ0v) is 16.3. The van der Waals surface area contributed by atoms with Gasteiger partial charge in [0.1, 0.15) is 5.75 Å². The summed E-state index contributed by atoms with van der Waals surface area (Å²) in [5.74, 6) is 1.33. The number of hydrogen-bond acceptors (Lipinski definition) is 6. The van der Waals surface area contributed by atoms with Crippen molar-refractivity contribution in [2.24, 2.45) is 0 Å². The summed E-state index contributed by atoms with van der Waals surface area (Å²) in [4.78, 5) is 23.7. The van der Waals surface area contributed by atoms with Crippen LogP contribution in [0.5, 0.6) is 17.2 Å². The molecule has 0 fully saturated rings. The summed E-state index contributed by atoms with van der Waals surface area (Å²) in [6.45, 7) is 0.369. The molecule has 0 bridgehead atoms. The van der Waals surface area contributed by atoms with E-state index in [1.165, 1.54) is 7.11 Å². The molecule has 0 saturated heterocycles. The van der Waals surface area contributed by atoms with E-state index < -0.39 is 5.97 Å². The van der Waals surface area contributed by atoms with Crippen molar-refractivity contribution in [3.8, 4) is 17.2 Å². The van der Waals surface area contributed by atoms with Crippen molar-refractivity contribution in [1.29, 1.82) is 0 Å². The molecule has 150 valence electrons. The van der Waals surface area contributed by atoms with E-state index in [2.05, 4.69) is 15.4 Å². The molecule has 0 aliphatic rings. The average molecular weight is 388 g/mol. The lowest BCUT2D eigenvalue weighted by Crippen LogP contribution is -2.30. The number of benzene rings is 2. The second-order valence-electron chi connectivity index (χ2n) is 5.72. The zero-order valence-electron chi connectivity index (χ0n) is 16.3. The van der Waals surface area contributed by atoms with E-state index in [-0.39, 0.29) is 6.03 Å². The molecule has 8 heteroatoms. The van der Waals surface area contributed by atoms with Gasteiger partial charge in [0.15, 0.2) is 11.5 Å². The zero-order chi connectivity index (χ0) is 20.5. The van der Waals surface area contributed by atoms with Crippen LogP contribution in [0.25, 0.3) is 0 Å². The van der Waals surface area contributed by atoms with Gasteiger partial charge in [0.05, 0.1) is 34.0 Å². The summed E-state index contributed by atoms with van der Waals surface area (Å²) in [5.41, 5.74) is 1.72. The highest BCUT2D eigenvalue weighted by molar-refractivity contribution is 5.93. The molecule has 0 spiro atoms. The normalized spacial score (nSPS) is 10.0. The summed E-state index contributed by atoms with van der Waals surface area (Å²) >= 11 is 0. The van der Waals surface area contributed by atoms with Crippen LogP contribution in [0.4, 0.5) is 10.5 Å². The fraction of sp³-hybridized carbons (Fsp3) is 0.300. The third-order valence-corrected chi connectivity index (χ3v) is 4.01. The number of urea groups is 1. The van der Waals surface area contributed by atoms with E-state index >= 15 is 0 Å². The van der Waals surface area contributed by atoms with Crippen LogP contribution in [0, 0.1) is 0 Å². The third-order valence-electron chi connectivity index (χ3n) is 4.01. The predicted octanol–water partition coefficient (Wildman–Crippen LogP) is 2.86. The summed E-state index contributed by atoms with van der Waals surface area (Å²) in [6.07, 6.45) is 0.527. The van der Waals surface area contributed by atoms with Crippen molar-refractivity contribution >= 4 is 17.7 Å². The van der Waals surface area contributed by atoms with Crippen molar-refractivity contribution in [1.82, 2.24) is 5.32 Å². The molecule has 2 aromatic carbocycles. The Kier molecular flexibility index (Phi) is 7.50. The number of anilines is 1. The fourth-order valence-electron chi connectivity index (χ4n) is 2.62. The van der Waals surface area contributed by atoms with Crippen LogP contribution in [0.1, 0.15) is 15.9 Å². The molecular weight excluding hydrogens is 364 g/mol. The molecule has 8 nitrogen and oxygen atoms in total. The SMILES string of the molecule is COC(=O)c1cccc(NC(=O)NCCc2cc(OC)c(OC)cc2OC)c1. The van der Waals surface area contributed by atoms with Gasteiger partial charge in [-0.2, -0.15) is 0 Å². The van der Waals surface area contributed by atoms with E-state index in [4.69, 9.17) is 14.2 Å². The van der Waals surface area contributed by atoms with Gasteiger partial charge in [0, 0.05) is 18.3 Å². The Labute approximate surface area is 163 Å². The number of carbonyl (C=O) groups excluding carboxylic acids is 2. The van der Waals surface area contributed by atoms with Crippen molar-refractivity contribution in [3.05, 3.63) is 47.5 Å². The summed E-state index contributed by atoms with van der Waals surface area (Å²) < 4.78 is 20.6. The highest BCUT2D eigenvalue weighted by Crippen LogP contribution is 2.34. The van der Waals surface area contributed by atoms with Crippen LogP contribution in [-0.2, 0) is 11.2 Å². The number of ether oxygens (including phenoxy) is 4. The van der Waals surface area contributed by atoms with E-state index in [1.807, 2.05) is 6.07 Å². The van der Waals surface area contributed by atoms with Gasteiger partial charge in [0.25, 0.3) is 0 Å². The number of nitrogens with one attached hydrogen (secondary N) is 2. The quantitative estimate of drug-likeness (QED) is 0.675. The van der Waals surface area contributed by atoms with E-state index in [9.17, 15) is 9.59 Å². The number of amides is 2. The van der Waals surface area contributed by atoms with Crippen LogP contribution in [0.15, 0.2) is 36.4 Å². The average Bonchev–Trinajstić information content (AvgIpc) is 2.72. The Bertz CT molecular complexity index is 837. The van der Waals surface area contributed by atoms with Gasteiger partial charge >= 0.3 is 12.0 Å². The van der Waals surface area contributed by atoms with Crippen molar-refractivity contribution in [3.63, 3.8) is 0 Å². The minimum absolute atomic E-state index is 0.357. The standard InChI is InChI=1S/C20H24N2O6/c1-25-16-12-18(27-3)17(26-2)11-13(16)8-9-21-20(24)22-15-7-5-6-14(10-15)19(23)28-4/h5-7,10-12H,8-9H2,1-4H3,(H2,21,22,24).